The second-order valence-electron chi connectivity index (χ2n) is 6.62. The van der Waals surface area contributed by atoms with Crippen molar-refractivity contribution in [1.82, 2.24) is 0 Å². The van der Waals surface area contributed by atoms with Crippen molar-refractivity contribution in [2.45, 2.75) is 39.7 Å². The maximum atomic E-state index is 12.6. The number of para-hydroxylation sites is 2. The van der Waals surface area contributed by atoms with Crippen molar-refractivity contribution < 1.29 is 4.79 Å². The molecule has 3 nitrogen and oxygen atoms in total. The minimum atomic E-state index is 0.261. The molecule has 1 aromatic rings. The van der Waals surface area contributed by atoms with Crippen molar-refractivity contribution in [1.29, 1.82) is 0 Å². The fraction of sp³-hybridized carbons (Fsp3) is 0.588. The average molecular weight is 272 g/mol. The monoisotopic (exact) mass is 272 g/mol. The van der Waals surface area contributed by atoms with Crippen LogP contribution < -0.4 is 9.80 Å². The third kappa shape index (κ3) is 2.41. The molecule has 1 amide bonds. The molecule has 0 spiro atoms. The molecule has 0 radical (unpaired) electrons. The van der Waals surface area contributed by atoms with Crippen molar-refractivity contribution in [3.05, 3.63) is 24.3 Å². The maximum absolute atomic E-state index is 12.6. The molecule has 0 aromatic heterocycles. The number of benzene rings is 1. The standard InChI is InChI=1S/C17H24N2O/c1-12(2)10-18-11-13(3)19(17(20)14-8-9-14)16-7-5-4-6-15(16)18/h4-7,12-14H,8-11H2,1-3H3/t13-/m0/s1. The van der Waals surface area contributed by atoms with Crippen LogP contribution in [0.1, 0.15) is 33.6 Å². The van der Waals surface area contributed by atoms with Crippen molar-refractivity contribution in [2.24, 2.45) is 11.8 Å². The van der Waals surface area contributed by atoms with Crippen LogP contribution in [0.5, 0.6) is 0 Å². The predicted molar refractivity (Wildman–Crippen MR) is 83.2 cm³/mol. The first-order valence-corrected chi connectivity index (χ1v) is 7.75. The first-order chi connectivity index (χ1) is 9.58. The van der Waals surface area contributed by atoms with E-state index in [1.54, 1.807) is 0 Å². The Kier molecular flexibility index (Phi) is 3.45. The number of rotatable bonds is 3. The maximum Gasteiger partial charge on any atom is 0.230 e. The highest BCUT2D eigenvalue weighted by atomic mass is 16.2. The zero-order valence-electron chi connectivity index (χ0n) is 12.7. The van der Waals surface area contributed by atoms with E-state index in [0.29, 0.717) is 11.8 Å². The van der Waals surface area contributed by atoms with E-state index in [1.165, 1.54) is 5.69 Å². The molecule has 1 heterocycles. The summed E-state index contributed by atoms with van der Waals surface area (Å²) in [7, 11) is 0. The molecule has 1 aromatic carbocycles. The summed E-state index contributed by atoms with van der Waals surface area (Å²) >= 11 is 0. The number of carbonyl (C=O) groups is 1. The summed E-state index contributed by atoms with van der Waals surface area (Å²) in [6, 6.07) is 8.62. The largest absolute Gasteiger partial charge is 0.368 e. The summed E-state index contributed by atoms with van der Waals surface area (Å²) in [6.45, 7) is 8.65. The van der Waals surface area contributed by atoms with Gasteiger partial charge in [0.2, 0.25) is 5.91 Å². The normalized spacial score (nSPS) is 22.1. The Hall–Kier alpha value is -1.51. The van der Waals surface area contributed by atoms with Crippen LogP contribution in [-0.2, 0) is 4.79 Å². The van der Waals surface area contributed by atoms with E-state index in [9.17, 15) is 4.79 Å². The third-order valence-electron chi connectivity index (χ3n) is 4.16. The highest BCUT2D eigenvalue weighted by Crippen LogP contribution is 2.40. The van der Waals surface area contributed by atoms with E-state index < -0.39 is 0 Å². The van der Waals surface area contributed by atoms with Gasteiger partial charge in [0.25, 0.3) is 0 Å². The van der Waals surface area contributed by atoms with E-state index in [2.05, 4.69) is 43.9 Å². The molecule has 1 saturated carbocycles. The summed E-state index contributed by atoms with van der Waals surface area (Å²) in [5.41, 5.74) is 2.32. The summed E-state index contributed by atoms with van der Waals surface area (Å²) in [6.07, 6.45) is 2.14. The molecule has 108 valence electrons. The fourth-order valence-electron chi connectivity index (χ4n) is 3.15. The lowest BCUT2D eigenvalue weighted by Crippen LogP contribution is -2.51. The van der Waals surface area contributed by atoms with Crippen LogP contribution in [0.2, 0.25) is 0 Å². The van der Waals surface area contributed by atoms with E-state index in [0.717, 1.165) is 31.6 Å². The quantitative estimate of drug-likeness (QED) is 0.843. The van der Waals surface area contributed by atoms with Gasteiger partial charge in [-0.2, -0.15) is 0 Å². The van der Waals surface area contributed by atoms with Crippen LogP contribution in [0.25, 0.3) is 0 Å². The number of anilines is 2. The van der Waals surface area contributed by atoms with Crippen LogP contribution in [0.4, 0.5) is 11.4 Å². The number of amides is 1. The van der Waals surface area contributed by atoms with E-state index in [1.807, 2.05) is 11.0 Å². The van der Waals surface area contributed by atoms with E-state index in [-0.39, 0.29) is 12.0 Å². The molecule has 1 fully saturated rings. The smallest absolute Gasteiger partial charge is 0.230 e. The highest BCUT2D eigenvalue weighted by Gasteiger charge is 2.39. The zero-order valence-corrected chi connectivity index (χ0v) is 12.7. The fourth-order valence-corrected chi connectivity index (χ4v) is 3.15. The van der Waals surface area contributed by atoms with Crippen LogP contribution in [-0.4, -0.2) is 25.0 Å². The van der Waals surface area contributed by atoms with Crippen LogP contribution in [0.15, 0.2) is 24.3 Å². The van der Waals surface area contributed by atoms with Crippen molar-refractivity contribution in [3.8, 4) is 0 Å². The van der Waals surface area contributed by atoms with Crippen LogP contribution >= 0.6 is 0 Å². The number of hydrogen-bond acceptors (Lipinski definition) is 2. The Labute approximate surface area is 121 Å². The van der Waals surface area contributed by atoms with Gasteiger partial charge in [0.1, 0.15) is 0 Å². The first kappa shape index (κ1) is 13.5. The molecule has 2 aliphatic rings. The second kappa shape index (κ2) is 5.12. The topological polar surface area (TPSA) is 23.6 Å². The van der Waals surface area contributed by atoms with Gasteiger partial charge in [-0.3, -0.25) is 4.79 Å². The molecule has 3 heteroatoms. The molecule has 0 bridgehead atoms. The zero-order chi connectivity index (χ0) is 14.3. The number of nitrogens with zero attached hydrogens (tertiary/aromatic N) is 2. The van der Waals surface area contributed by atoms with Crippen LogP contribution in [0, 0.1) is 11.8 Å². The molecule has 20 heavy (non-hydrogen) atoms. The molecular formula is C17H24N2O. The Morgan fingerprint density at radius 1 is 1.25 bits per heavy atom. The molecular weight excluding hydrogens is 248 g/mol. The lowest BCUT2D eigenvalue weighted by molar-refractivity contribution is -0.120. The van der Waals surface area contributed by atoms with Gasteiger partial charge in [-0.1, -0.05) is 26.0 Å². The highest BCUT2D eigenvalue weighted by molar-refractivity contribution is 6.00. The minimum Gasteiger partial charge on any atom is -0.368 e. The van der Waals surface area contributed by atoms with Gasteiger partial charge < -0.3 is 9.80 Å². The number of hydrogen-bond donors (Lipinski definition) is 0. The number of fused-ring (bicyclic) bond motifs is 1. The Bertz CT molecular complexity index is 507. The Morgan fingerprint density at radius 2 is 1.90 bits per heavy atom. The van der Waals surface area contributed by atoms with Crippen molar-refractivity contribution in [3.63, 3.8) is 0 Å². The minimum absolute atomic E-state index is 0.261. The first-order valence-electron chi connectivity index (χ1n) is 7.75. The van der Waals surface area contributed by atoms with Gasteiger partial charge in [0.05, 0.1) is 17.4 Å². The van der Waals surface area contributed by atoms with E-state index >= 15 is 0 Å². The average Bonchev–Trinajstić information content (AvgIpc) is 3.22. The summed E-state index contributed by atoms with van der Waals surface area (Å²) in [4.78, 5) is 17.0. The van der Waals surface area contributed by atoms with Gasteiger partial charge in [0, 0.05) is 19.0 Å². The van der Waals surface area contributed by atoms with Gasteiger partial charge in [-0.05, 0) is 37.8 Å². The van der Waals surface area contributed by atoms with Crippen LogP contribution in [0.3, 0.4) is 0 Å². The Morgan fingerprint density at radius 3 is 2.50 bits per heavy atom. The lowest BCUT2D eigenvalue weighted by Gasteiger charge is -2.43. The molecule has 0 saturated heterocycles. The van der Waals surface area contributed by atoms with Gasteiger partial charge >= 0.3 is 0 Å². The molecule has 3 rings (SSSR count). The summed E-state index contributed by atoms with van der Waals surface area (Å²) in [5, 5.41) is 0. The predicted octanol–water partition coefficient (Wildman–Crippen LogP) is 3.29. The van der Waals surface area contributed by atoms with Gasteiger partial charge in [-0.15, -0.1) is 0 Å². The molecule has 1 aliphatic carbocycles. The lowest BCUT2D eigenvalue weighted by atomic mass is 10.0. The summed E-state index contributed by atoms with van der Waals surface area (Å²) in [5.74, 6) is 1.23. The SMILES string of the molecule is CC(C)CN1C[C@H](C)N(C(=O)C2CC2)c2ccccc21. The van der Waals surface area contributed by atoms with Crippen molar-refractivity contribution >= 4 is 17.3 Å². The van der Waals surface area contributed by atoms with Gasteiger partial charge in [0.15, 0.2) is 0 Å². The van der Waals surface area contributed by atoms with E-state index in [4.69, 9.17) is 0 Å². The van der Waals surface area contributed by atoms with Gasteiger partial charge in [-0.25, -0.2) is 0 Å². The molecule has 0 N–H and O–H groups in total. The molecule has 1 atom stereocenters. The number of carbonyl (C=O) groups excluding carboxylic acids is 1. The Balaban J connectivity index is 1.95. The third-order valence-corrected chi connectivity index (χ3v) is 4.16. The molecule has 0 unspecified atom stereocenters. The molecule has 1 aliphatic heterocycles. The van der Waals surface area contributed by atoms with Crippen molar-refractivity contribution in [2.75, 3.05) is 22.9 Å². The second-order valence-corrected chi connectivity index (χ2v) is 6.62. The summed E-state index contributed by atoms with van der Waals surface area (Å²) < 4.78 is 0.